The van der Waals surface area contributed by atoms with Crippen LogP contribution in [-0.4, -0.2) is 29.0 Å². The Morgan fingerprint density at radius 3 is 2.44 bits per heavy atom. The number of anilines is 2. The number of carbonyl (C=O) groups is 1. The lowest BCUT2D eigenvalue weighted by Crippen LogP contribution is -2.27. The number of amides is 1. The largest absolute Gasteiger partial charge is 0.341 e. The summed E-state index contributed by atoms with van der Waals surface area (Å²) in [5.74, 6) is -1.91. The van der Waals surface area contributed by atoms with Crippen LogP contribution in [0.1, 0.15) is 41.9 Å². The fourth-order valence-corrected chi connectivity index (χ4v) is 2.85. The Kier molecular flexibility index (Phi) is 5.21. The van der Waals surface area contributed by atoms with Crippen LogP contribution >= 0.6 is 0 Å². The molecular formula is C18H20F2N4O. The van der Waals surface area contributed by atoms with Gasteiger partial charge in [-0.2, -0.15) is 0 Å². The zero-order valence-corrected chi connectivity index (χ0v) is 14.1. The Bertz CT molecular complexity index is 774. The minimum atomic E-state index is -1.01. The van der Waals surface area contributed by atoms with Crippen LogP contribution < -0.4 is 10.2 Å². The van der Waals surface area contributed by atoms with Gasteiger partial charge in [0.25, 0.3) is 5.91 Å². The number of hydrogen-bond acceptors (Lipinski definition) is 4. The van der Waals surface area contributed by atoms with Crippen molar-refractivity contribution >= 4 is 17.5 Å². The molecule has 1 amide bonds. The smallest absolute Gasteiger partial charge is 0.274 e. The average Bonchev–Trinajstić information content (AvgIpc) is 2.87. The van der Waals surface area contributed by atoms with E-state index in [4.69, 9.17) is 0 Å². The molecule has 0 atom stereocenters. The lowest BCUT2D eigenvalue weighted by Gasteiger charge is -2.21. The molecule has 25 heavy (non-hydrogen) atoms. The van der Waals surface area contributed by atoms with E-state index in [1.165, 1.54) is 18.9 Å². The molecule has 0 aliphatic carbocycles. The van der Waals surface area contributed by atoms with Crippen molar-refractivity contribution in [1.82, 2.24) is 9.97 Å². The molecule has 0 radical (unpaired) electrons. The first-order valence-corrected chi connectivity index (χ1v) is 8.40. The van der Waals surface area contributed by atoms with Gasteiger partial charge < -0.3 is 10.2 Å². The van der Waals surface area contributed by atoms with Gasteiger partial charge in [0.1, 0.15) is 5.69 Å². The summed E-state index contributed by atoms with van der Waals surface area (Å²) in [6.07, 6.45) is 4.53. The molecule has 1 aliphatic rings. The fraction of sp³-hybridized carbons (Fsp3) is 0.389. The van der Waals surface area contributed by atoms with Crippen molar-refractivity contribution in [2.45, 2.75) is 32.6 Å². The van der Waals surface area contributed by atoms with E-state index < -0.39 is 17.5 Å². The zero-order chi connectivity index (χ0) is 17.8. The molecule has 5 nitrogen and oxygen atoms in total. The molecule has 1 aromatic carbocycles. The molecule has 0 spiro atoms. The van der Waals surface area contributed by atoms with E-state index in [-0.39, 0.29) is 11.4 Å². The summed E-state index contributed by atoms with van der Waals surface area (Å²) in [5, 5.41) is 2.54. The Balaban J connectivity index is 1.80. The van der Waals surface area contributed by atoms with Gasteiger partial charge in [-0.3, -0.25) is 4.79 Å². The lowest BCUT2D eigenvalue weighted by molar-refractivity contribution is 0.102. The Hall–Kier alpha value is -2.57. The molecule has 1 saturated heterocycles. The zero-order valence-electron chi connectivity index (χ0n) is 14.1. The number of carbonyl (C=O) groups excluding carboxylic acids is 1. The summed E-state index contributed by atoms with van der Waals surface area (Å²) in [4.78, 5) is 23.3. The second kappa shape index (κ2) is 7.55. The first-order valence-electron chi connectivity index (χ1n) is 8.40. The number of nitrogens with one attached hydrogen (secondary N) is 1. The molecule has 0 bridgehead atoms. The van der Waals surface area contributed by atoms with E-state index in [0.717, 1.165) is 38.1 Å². The molecule has 1 aromatic heterocycles. The SMILES string of the molecule is Cc1cc(C(=O)Nc2ccc(F)c(F)c2)nc(N2CCCCCC2)n1. The third-order valence-electron chi connectivity index (χ3n) is 4.14. The van der Waals surface area contributed by atoms with Gasteiger partial charge in [-0.25, -0.2) is 18.7 Å². The van der Waals surface area contributed by atoms with E-state index in [0.29, 0.717) is 11.6 Å². The molecule has 0 saturated carbocycles. The maximum Gasteiger partial charge on any atom is 0.274 e. The molecule has 0 unspecified atom stereocenters. The highest BCUT2D eigenvalue weighted by Gasteiger charge is 2.17. The van der Waals surface area contributed by atoms with Crippen LogP contribution in [-0.2, 0) is 0 Å². The van der Waals surface area contributed by atoms with E-state index in [1.54, 1.807) is 13.0 Å². The molecule has 1 N–H and O–H groups in total. The maximum atomic E-state index is 13.3. The Labute approximate surface area is 145 Å². The van der Waals surface area contributed by atoms with Crippen LogP contribution in [0.4, 0.5) is 20.4 Å². The second-order valence-electron chi connectivity index (χ2n) is 6.18. The van der Waals surface area contributed by atoms with Crippen molar-refractivity contribution in [3.63, 3.8) is 0 Å². The van der Waals surface area contributed by atoms with E-state index >= 15 is 0 Å². The number of aromatic nitrogens is 2. The lowest BCUT2D eigenvalue weighted by atomic mass is 10.2. The fourth-order valence-electron chi connectivity index (χ4n) is 2.85. The molecule has 2 aromatic rings. The number of aryl methyl sites for hydroxylation is 1. The predicted molar refractivity (Wildman–Crippen MR) is 91.8 cm³/mol. The first-order chi connectivity index (χ1) is 12.0. The van der Waals surface area contributed by atoms with Crippen LogP contribution in [0.5, 0.6) is 0 Å². The van der Waals surface area contributed by atoms with Gasteiger partial charge >= 0.3 is 0 Å². The van der Waals surface area contributed by atoms with Crippen LogP contribution in [0, 0.1) is 18.6 Å². The molecule has 3 rings (SSSR count). The van der Waals surface area contributed by atoms with Crippen molar-refractivity contribution in [1.29, 1.82) is 0 Å². The molecule has 1 fully saturated rings. The van der Waals surface area contributed by atoms with Gasteiger partial charge in [-0.1, -0.05) is 12.8 Å². The quantitative estimate of drug-likeness (QED) is 0.921. The summed E-state index contributed by atoms with van der Waals surface area (Å²) in [6, 6.07) is 4.80. The number of rotatable bonds is 3. The highest BCUT2D eigenvalue weighted by molar-refractivity contribution is 6.03. The van der Waals surface area contributed by atoms with Crippen LogP contribution in [0.3, 0.4) is 0 Å². The van der Waals surface area contributed by atoms with Crippen LogP contribution in [0.2, 0.25) is 0 Å². The first kappa shape index (κ1) is 17.3. The molecule has 2 heterocycles. The molecule has 132 valence electrons. The number of nitrogens with zero attached hydrogens (tertiary/aromatic N) is 3. The molecule has 1 aliphatic heterocycles. The van der Waals surface area contributed by atoms with Crippen LogP contribution in [0.15, 0.2) is 24.3 Å². The highest BCUT2D eigenvalue weighted by Crippen LogP contribution is 2.18. The van der Waals surface area contributed by atoms with Gasteiger partial charge in [0.05, 0.1) is 0 Å². The number of benzene rings is 1. The normalized spacial score (nSPS) is 14.9. The standard InChI is InChI=1S/C18H20F2N4O/c1-12-10-16(17(25)22-13-6-7-14(19)15(20)11-13)23-18(21-12)24-8-4-2-3-5-9-24/h6-7,10-11H,2-5,8-9H2,1H3,(H,22,25). The van der Waals surface area contributed by atoms with Gasteiger partial charge in [0.2, 0.25) is 5.95 Å². The van der Waals surface area contributed by atoms with E-state index in [1.807, 2.05) is 0 Å². The number of halogens is 2. The highest BCUT2D eigenvalue weighted by atomic mass is 19.2. The minimum absolute atomic E-state index is 0.177. The van der Waals surface area contributed by atoms with Crippen molar-refractivity contribution in [2.24, 2.45) is 0 Å². The summed E-state index contributed by atoms with van der Waals surface area (Å²) in [5.41, 5.74) is 1.07. The predicted octanol–water partition coefficient (Wildman–Crippen LogP) is 3.70. The third kappa shape index (κ3) is 4.29. The summed E-state index contributed by atoms with van der Waals surface area (Å²) < 4.78 is 26.3. The van der Waals surface area contributed by atoms with Gasteiger partial charge in [-0.15, -0.1) is 0 Å². The van der Waals surface area contributed by atoms with Gasteiger partial charge in [0, 0.05) is 30.5 Å². The topological polar surface area (TPSA) is 58.1 Å². The van der Waals surface area contributed by atoms with E-state index in [2.05, 4.69) is 20.2 Å². The van der Waals surface area contributed by atoms with Crippen molar-refractivity contribution in [2.75, 3.05) is 23.3 Å². The molecule has 7 heteroatoms. The second-order valence-corrected chi connectivity index (χ2v) is 6.18. The summed E-state index contributed by atoms with van der Waals surface area (Å²) in [6.45, 7) is 3.54. The van der Waals surface area contributed by atoms with Gasteiger partial charge in [0.15, 0.2) is 11.6 Å². The minimum Gasteiger partial charge on any atom is -0.341 e. The average molecular weight is 346 g/mol. The molecular weight excluding hydrogens is 326 g/mol. The Morgan fingerprint density at radius 2 is 1.76 bits per heavy atom. The van der Waals surface area contributed by atoms with Crippen molar-refractivity contribution in [3.05, 3.63) is 47.3 Å². The number of hydrogen-bond donors (Lipinski definition) is 1. The van der Waals surface area contributed by atoms with E-state index in [9.17, 15) is 13.6 Å². The Morgan fingerprint density at radius 1 is 1.04 bits per heavy atom. The summed E-state index contributed by atoms with van der Waals surface area (Å²) in [7, 11) is 0. The maximum absolute atomic E-state index is 13.3. The van der Waals surface area contributed by atoms with Crippen molar-refractivity contribution in [3.8, 4) is 0 Å². The third-order valence-corrected chi connectivity index (χ3v) is 4.14. The van der Waals surface area contributed by atoms with Crippen LogP contribution in [0.25, 0.3) is 0 Å². The monoisotopic (exact) mass is 346 g/mol. The van der Waals surface area contributed by atoms with Crippen molar-refractivity contribution < 1.29 is 13.6 Å². The summed E-state index contributed by atoms with van der Waals surface area (Å²) >= 11 is 0. The van der Waals surface area contributed by atoms with Gasteiger partial charge in [-0.05, 0) is 38.0 Å².